The number of piperidine rings is 1. The second kappa shape index (κ2) is 8.63. The Labute approximate surface area is 215 Å². The molecule has 1 aromatic carbocycles. The van der Waals surface area contributed by atoms with E-state index in [2.05, 4.69) is 42.8 Å². The second-order valence-corrected chi connectivity index (χ2v) is 11.0. The van der Waals surface area contributed by atoms with Gasteiger partial charge in [-0.1, -0.05) is 0 Å². The summed E-state index contributed by atoms with van der Waals surface area (Å²) in [5.41, 5.74) is 6.37. The van der Waals surface area contributed by atoms with E-state index in [4.69, 9.17) is 9.72 Å². The first-order valence-electron chi connectivity index (χ1n) is 13.2. The van der Waals surface area contributed by atoms with Crippen LogP contribution in [0.1, 0.15) is 37.3 Å². The zero-order valence-corrected chi connectivity index (χ0v) is 21.4. The molecule has 7 rings (SSSR count). The Hall–Kier alpha value is -3.30. The molecule has 1 spiro atoms. The molecule has 1 saturated carbocycles. The van der Waals surface area contributed by atoms with Crippen LogP contribution in [0.5, 0.6) is 0 Å². The number of aromatic nitrogens is 5. The number of ether oxygens (including phenoxy) is 1. The van der Waals surface area contributed by atoms with Gasteiger partial charge >= 0.3 is 0 Å². The number of aryl methyl sites for hydroxylation is 1. The molecule has 0 atom stereocenters. The smallest absolute Gasteiger partial charge is 0.156 e. The number of rotatable bonds is 4. The lowest BCUT2D eigenvalue weighted by Crippen LogP contribution is -2.44. The van der Waals surface area contributed by atoms with E-state index in [1.807, 2.05) is 25.4 Å². The number of nitrogens with zero attached hydrogens (tertiary/aromatic N) is 6. The van der Waals surface area contributed by atoms with Gasteiger partial charge < -0.3 is 19.5 Å². The highest BCUT2D eigenvalue weighted by molar-refractivity contribution is 5.91. The Morgan fingerprint density at radius 3 is 2.73 bits per heavy atom. The third-order valence-electron chi connectivity index (χ3n) is 8.28. The first-order chi connectivity index (χ1) is 18.0. The van der Waals surface area contributed by atoms with E-state index < -0.39 is 0 Å². The van der Waals surface area contributed by atoms with Crippen molar-refractivity contribution in [3.63, 3.8) is 0 Å². The van der Waals surface area contributed by atoms with Crippen LogP contribution in [-0.4, -0.2) is 75.1 Å². The Morgan fingerprint density at radius 1 is 1.11 bits per heavy atom. The molecule has 1 N–H and O–H groups in total. The van der Waals surface area contributed by atoms with Gasteiger partial charge in [-0.3, -0.25) is 4.68 Å². The molecule has 2 saturated heterocycles. The molecule has 9 heteroatoms. The van der Waals surface area contributed by atoms with Crippen molar-refractivity contribution in [1.82, 2.24) is 29.6 Å². The number of anilines is 1. The quantitative estimate of drug-likeness (QED) is 0.442. The maximum absolute atomic E-state index is 15.5. The van der Waals surface area contributed by atoms with Crippen LogP contribution < -0.4 is 4.90 Å². The summed E-state index contributed by atoms with van der Waals surface area (Å²) in [6.07, 6.45) is 12.0. The first kappa shape index (κ1) is 22.9. The first-order valence-corrected chi connectivity index (χ1v) is 13.2. The average Bonchev–Trinajstić information content (AvgIpc) is 3.28. The number of aromatic amines is 1. The minimum atomic E-state index is -0.219. The fourth-order valence-corrected chi connectivity index (χ4v) is 5.95. The molecule has 0 radical (unpaired) electrons. The molecule has 5 heterocycles. The lowest BCUT2D eigenvalue weighted by molar-refractivity contribution is 0.0204. The van der Waals surface area contributed by atoms with Gasteiger partial charge in [0.2, 0.25) is 0 Å². The minimum Gasteiger partial charge on any atom is -0.371 e. The van der Waals surface area contributed by atoms with E-state index in [1.165, 1.54) is 0 Å². The monoisotopic (exact) mass is 501 g/mol. The van der Waals surface area contributed by atoms with Crippen LogP contribution in [0.15, 0.2) is 36.9 Å². The maximum atomic E-state index is 15.5. The van der Waals surface area contributed by atoms with Crippen LogP contribution in [0.25, 0.3) is 33.5 Å². The van der Waals surface area contributed by atoms with Crippen LogP contribution >= 0.6 is 0 Å². The van der Waals surface area contributed by atoms with Crippen molar-refractivity contribution in [3.8, 4) is 22.4 Å². The minimum absolute atomic E-state index is 0.0574. The van der Waals surface area contributed by atoms with Gasteiger partial charge in [0.05, 0.1) is 42.0 Å². The summed E-state index contributed by atoms with van der Waals surface area (Å²) in [5, 5.41) is 4.67. The largest absolute Gasteiger partial charge is 0.371 e. The molecule has 4 aromatic rings. The van der Waals surface area contributed by atoms with Crippen molar-refractivity contribution in [1.29, 1.82) is 0 Å². The average molecular weight is 502 g/mol. The highest BCUT2D eigenvalue weighted by Crippen LogP contribution is 2.44. The zero-order valence-electron chi connectivity index (χ0n) is 21.4. The molecule has 3 fully saturated rings. The predicted octanol–water partition coefficient (Wildman–Crippen LogP) is 4.57. The highest BCUT2D eigenvalue weighted by Gasteiger charge is 2.48. The number of H-pyrrole nitrogens is 1. The van der Waals surface area contributed by atoms with Gasteiger partial charge in [0.1, 0.15) is 11.3 Å². The number of fused-ring (bicyclic) bond motifs is 1. The van der Waals surface area contributed by atoms with Gasteiger partial charge in [0, 0.05) is 42.2 Å². The van der Waals surface area contributed by atoms with Crippen LogP contribution in [0.3, 0.4) is 0 Å². The summed E-state index contributed by atoms with van der Waals surface area (Å²) >= 11 is 0. The summed E-state index contributed by atoms with van der Waals surface area (Å²) < 4.78 is 23.5. The number of morpholine rings is 1. The molecule has 3 aliphatic rings. The van der Waals surface area contributed by atoms with Crippen LogP contribution in [-0.2, 0) is 4.74 Å². The molecule has 1 aliphatic carbocycles. The Bertz CT molecular complexity index is 1440. The van der Waals surface area contributed by atoms with Gasteiger partial charge in [0.15, 0.2) is 5.65 Å². The van der Waals surface area contributed by atoms with E-state index >= 15 is 4.39 Å². The van der Waals surface area contributed by atoms with E-state index in [0.717, 1.165) is 73.1 Å². The van der Waals surface area contributed by atoms with Gasteiger partial charge in [0.25, 0.3) is 0 Å². The van der Waals surface area contributed by atoms with E-state index in [0.29, 0.717) is 36.2 Å². The number of hydrogen-bond donors (Lipinski definition) is 1. The molecule has 0 unspecified atom stereocenters. The SMILES string of the molecule is Cc1cc(-c2cnc3[nH]cc(-c4cnn(C5CCN(C)CC5)c4)c3n2)cc(F)c1N1CCOC2(CC2)C1. The van der Waals surface area contributed by atoms with Crippen LogP contribution in [0, 0.1) is 12.7 Å². The van der Waals surface area contributed by atoms with Crippen molar-refractivity contribution in [3.05, 3.63) is 48.3 Å². The zero-order chi connectivity index (χ0) is 25.1. The lowest BCUT2D eigenvalue weighted by atomic mass is 10.0. The van der Waals surface area contributed by atoms with Crippen molar-refractivity contribution < 1.29 is 9.13 Å². The highest BCUT2D eigenvalue weighted by atomic mass is 19.1. The number of likely N-dealkylation sites (tertiary alicyclic amines) is 1. The summed E-state index contributed by atoms with van der Waals surface area (Å²) in [7, 11) is 2.17. The molecular formula is C28H32FN7O. The summed E-state index contributed by atoms with van der Waals surface area (Å²) in [6, 6.07) is 4.04. The Kier molecular flexibility index (Phi) is 5.33. The Morgan fingerprint density at radius 2 is 1.95 bits per heavy atom. The van der Waals surface area contributed by atoms with Crippen molar-refractivity contribution in [2.45, 2.75) is 44.2 Å². The number of hydrogen-bond acceptors (Lipinski definition) is 6. The molecule has 192 valence electrons. The third kappa shape index (κ3) is 4.10. The Balaban J connectivity index is 1.19. The van der Waals surface area contributed by atoms with Crippen molar-refractivity contribution in [2.75, 3.05) is 44.7 Å². The van der Waals surface area contributed by atoms with E-state index in [1.54, 1.807) is 12.3 Å². The standard InChI is InChI=1S/C28H32FN7O/c1-18-11-19(12-23(29)26(18)35-9-10-37-28(17-35)5-6-28)24-15-31-27-25(33-24)22(14-30-27)20-13-32-36(16-20)21-3-7-34(2)8-4-21/h11-16,21H,3-10,17H2,1-2H3,(H,30,31). The molecule has 37 heavy (non-hydrogen) atoms. The van der Waals surface area contributed by atoms with Gasteiger partial charge in [-0.15, -0.1) is 0 Å². The maximum Gasteiger partial charge on any atom is 0.156 e. The normalized spacial score (nSPS) is 20.2. The fourth-order valence-electron chi connectivity index (χ4n) is 5.95. The van der Waals surface area contributed by atoms with Crippen LogP contribution in [0.4, 0.5) is 10.1 Å². The summed E-state index contributed by atoms with van der Waals surface area (Å²) in [4.78, 5) is 17.3. The molecular weight excluding hydrogens is 469 g/mol. The molecule has 8 nitrogen and oxygen atoms in total. The third-order valence-corrected chi connectivity index (χ3v) is 8.28. The topological polar surface area (TPSA) is 75.1 Å². The summed E-state index contributed by atoms with van der Waals surface area (Å²) in [6.45, 7) is 6.26. The molecule has 0 bridgehead atoms. The van der Waals surface area contributed by atoms with E-state index in [-0.39, 0.29) is 11.4 Å². The van der Waals surface area contributed by atoms with Crippen LogP contribution in [0.2, 0.25) is 0 Å². The van der Waals surface area contributed by atoms with Crippen molar-refractivity contribution >= 4 is 16.9 Å². The summed E-state index contributed by atoms with van der Waals surface area (Å²) in [5.74, 6) is -0.219. The predicted molar refractivity (Wildman–Crippen MR) is 141 cm³/mol. The lowest BCUT2D eigenvalue weighted by Gasteiger charge is -2.36. The fraction of sp³-hybridized carbons (Fsp3) is 0.464. The number of nitrogens with one attached hydrogen (secondary N) is 1. The number of benzene rings is 1. The van der Waals surface area contributed by atoms with E-state index in [9.17, 15) is 0 Å². The van der Waals surface area contributed by atoms with Crippen molar-refractivity contribution in [2.24, 2.45) is 0 Å². The van der Waals surface area contributed by atoms with Gasteiger partial charge in [-0.2, -0.15) is 5.10 Å². The number of halogens is 1. The van der Waals surface area contributed by atoms with Gasteiger partial charge in [-0.25, -0.2) is 14.4 Å². The second-order valence-electron chi connectivity index (χ2n) is 11.0. The molecule has 2 aliphatic heterocycles. The molecule has 3 aromatic heterocycles. The van der Waals surface area contributed by atoms with Gasteiger partial charge in [-0.05, 0) is 70.4 Å². The molecule has 0 amide bonds.